The molecule has 15 heteroatoms. The molecule has 0 aliphatic carbocycles. The standard InChI is InChI=1S/C41H61N7O8/c1-7-8-11-26-13-15-27(16-14-26)28-17-19-29(20-18-28)35(49)45-31(12-9-10-21-44-40(55)56-41(4,5)6)38(52)48-24-30(42)23-33(48)36(50)47-34(43)37(51)46-32(39(53)54)22-25(2)3/h13-20,25,30-34H,7-12,21-24,42-43H2,1-6H3,(H,44,55)(H,45,49)(H,46,51)(H,47,50)(H,53,54)/t30-,31?,32+,33+,34-/m1/s1. The van der Waals surface area contributed by atoms with Crippen LogP contribution in [0.25, 0.3) is 11.1 Å². The number of aliphatic carboxylic acids is 1. The van der Waals surface area contributed by atoms with Crippen LogP contribution >= 0.6 is 0 Å². The number of ether oxygens (including phenoxy) is 1. The van der Waals surface area contributed by atoms with Gasteiger partial charge in [0.25, 0.3) is 11.8 Å². The average molecular weight is 780 g/mol. The van der Waals surface area contributed by atoms with Crippen LogP contribution in [0.4, 0.5) is 4.79 Å². The van der Waals surface area contributed by atoms with Crippen LogP contribution in [0.15, 0.2) is 48.5 Å². The Morgan fingerprint density at radius 2 is 1.52 bits per heavy atom. The highest BCUT2D eigenvalue weighted by Crippen LogP contribution is 2.23. The number of nitrogens with one attached hydrogen (secondary N) is 4. The number of rotatable bonds is 19. The summed E-state index contributed by atoms with van der Waals surface area (Å²) in [5.41, 5.74) is 15.1. The summed E-state index contributed by atoms with van der Waals surface area (Å²) in [6, 6.07) is 11.4. The molecule has 0 aromatic heterocycles. The van der Waals surface area contributed by atoms with Gasteiger partial charge in [-0.2, -0.15) is 0 Å². The highest BCUT2D eigenvalue weighted by molar-refractivity contribution is 5.99. The van der Waals surface area contributed by atoms with Gasteiger partial charge in [-0.1, -0.05) is 63.6 Å². The van der Waals surface area contributed by atoms with Crippen molar-refractivity contribution in [3.63, 3.8) is 0 Å². The summed E-state index contributed by atoms with van der Waals surface area (Å²) in [4.78, 5) is 79.1. The van der Waals surface area contributed by atoms with E-state index in [2.05, 4.69) is 52.5 Å². The van der Waals surface area contributed by atoms with Crippen molar-refractivity contribution in [2.24, 2.45) is 17.4 Å². The molecule has 308 valence electrons. The number of aryl methyl sites for hydroxylation is 1. The Morgan fingerprint density at radius 3 is 2.09 bits per heavy atom. The van der Waals surface area contributed by atoms with Crippen molar-refractivity contribution >= 4 is 35.7 Å². The smallest absolute Gasteiger partial charge is 0.407 e. The number of alkyl carbamates (subject to hydrolysis) is 1. The Hall–Kier alpha value is -5.02. The van der Waals surface area contributed by atoms with Gasteiger partial charge in [0.15, 0.2) is 6.17 Å². The van der Waals surface area contributed by atoms with Gasteiger partial charge < -0.3 is 47.5 Å². The summed E-state index contributed by atoms with van der Waals surface area (Å²) in [7, 11) is 0. The summed E-state index contributed by atoms with van der Waals surface area (Å²) >= 11 is 0. The number of nitrogens with two attached hydrogens (primary N) is 2. The SMILES string of the molecule is CCCCc1ccc(-c2ccc(C(=O)NC(CCCCNC(=O)OC(C)(C)C)C(=O)N3C[C@H](N)C[C@H]3C(=O)N[C@@H](N)C(=O)N[C@@H](CC(C)C)C(=O)O)cc2)cc1. The lowest BCUT2D eigenvalue weighted by atomic mass is 10.0. The summed E-state index contributed by atoms with van der Waals surface area (Å²) in [5.74, 6) is -3.95. The van der Waals surface area contributed by atoms with Gasteiger partial charge in [-0.3, -0.25) is 19.2 Å². The molecule has 1 aliphatic heterocycles. The Labute approximate surface area is 330 Å². The molecule has 1 saturated heterocycles. The second-order valence-corrected chi connectivity index (χ2v) is 15.8. The number of unbranched alkanes of at least 4 members (excludes halogenated alkanes) is 2. The summed E-state index contributed by atoms with van der Waals surface area (Å²) in [6.07, 6.45) is 2.38. The number of likely N-dealkylation sites (tertiary alicyclic amines) is 1. The van der Waals surface area contributed by atoms with E-state index in [1.54, 1.807) is 46.8 Å². The number of carboxylic acid groups (broad SMARTS) is 1. The molecular formula is C41H61N7O8. The van der Waals surface area contributed by atoms with E-state index in [-0.39, 0.29) is 38.3 Å². The number of nitrogens with zero attached hydrogens (tertiary/aromatic N) is 1. The van der Waals surface area contributed by atoms with Gasteiger partial charge in [-0.25, -0.2) is 9.59 Å². The third kappa shape index (κ3) is 14.6. The fourth-order valence-electron chi connectivity index (χ4n) is 6.37. The summed E-state index contributed by atoms with van der Waals surface area (Å²) < 4.78 is 5.28. The minimum absolute atomic E-state index is 0.00628. The minimum Gasteiger partial charge on any atom is -0.480 e. The highest BCUT2D eigenvalue weighted by Gasteiger charge is 2.41. The Balaban J connectivity index is 1.74. The molecule has 3 rings (SSSR count). The summed E-state index contributed by atoms with van der Waals surface area (Å²) in [6.45, 7) is 11.3. The molecule has 0 radical (unpaired) electrons. The van der Waals surface area contributed by atoms with Crippen LogP contribution in [0.3, 0.4) is 0 Å². The van der Waals surface area contributed by atoms with Crippen molar-refractivity contribution in [3.8, 4) is 11.1 Å². The van der Waals surface area contributed by atoms with Crippen LogP contribution in [0.1, 0.15) is 102 Å². The van der Waals surface area contributed by atoms with Crippen LogP contribution in [0, 0.1) is 5.92 Å². The molecule has 1 heterocycles. The predicted molar refractivity (Wildman–Crippen MR) is 213 cm³/mol. The first kappa shape index (κ1) is 45.4. The quantitative estimate of drug-likeness (QED) is 0.0811. The molecule has 56 heavy (non-hydrogen) atoms. The van der Waals surface area contributed by atoms with E-state index in [1.165, 1.54) is 10.5 Å². The normalized spacial score (nSPS) is 17.1. The second-order valence-electron chi connectivity index (χ2n) is 15.8. The van der Waals surface area contributed by atoms with E-state index in [0.29, 0.717) is 18.4 Å². The Morgan fingerprint density at radius 1 is 0.893 bits per heavy atom. The molecule has 0 spiro atoms. The van der Waals surface area contributed by atoms with E-state index in [0.717, 1.165) is 30.4 Å². The lowest BCUT2D eigenvalue weighted by molar-refractivity contribution is -0.143. The maximum Gasteiger partial charge on any atom is 0.407 e. The molecule has 15 nitrogen and oxygen atoms in total. The van der Waals surface area contributed by atoms with Gasteiger partial charge in [0.05, 0.1) is 0 Å². The molecule has 1 unspecified atom stereocenters. The minimum atomic E-state index is -1.60. The lowest BCUT2D eigenvalue weighted by Gasteiger charge is -2.29. The van der Waals surface area contributed by atoms with Crippen LogP contribution in [-0.2, 0) is 30.3 Å². The van der Waals surface area contributed by atoms with Crippen molar-refractivity contribution in [1.29, 1.82) is 0 Å². The van der Waals surface area contributed by atoms with Crippen LogP contribution in [0.2, 0.25) is 0 Å². The van der Waals surface area contributed by atoms with Crippen molar-refractivity contribution in [3.05, 3.63) is 59.7 Å². The van der Waals surface area contributed by atoms with E-state index >= 15 is 0 Å². The molecular weight excluding hydrogens is 718 g/mol. The third-order valence-corrected chi connectivity index (χ3v) is 9.27. The van der Waals surface area contributed by atoms with E-state index < -0.39 is 71.6 Å². The molecule has 0 bridgehead atoms. The van der Waals surface area contributed by atoms with Crippen molar-refractivity contribution < 1.29 is 38.6 Å². The van der Waals surface area contributed by atoms with Gasteiger partial charge in [0.1, 0.15) is 23.7 Å². The topological polar surface area (TPSA) is 235 Å². The van der Waals surface area contributed by atoms with Gasteiger partial charge >= 0.3 is 12.1 Å². The first-order chi connectivity index (χ1) is 26.4. The molecule has 5 atom stereocenters. The first-order valence-corrected chi connectivity index (χ1v) is 19.5. The average Bonchev–Trinajstić information content (AvgIpc) is 3.53. The van der Waals surface area contributed by atoms with Crippen molar-refractivity contribution in [2.75, 3.05) is 13.1 Å². The first-order valence-electron chi connectivity index (χ1n) is 19.5. The van der Waals surface area contributed by atoms with Gasteiger partial charge in [0, 0.05) is 24.7 Å². The van der Waals surface area contributed by atoms with E-state index in [4.69, 9.17) is 16.2 Å². The maximum atomic E-state index is 14.2. The van der Waals surface area contributed by atoms with Crippen LogP contribution < -0.4 is 32.7 Å². The highest BCUT2D eigenvalue weighted by atomic mass is 16.6. The zero-order valence-corrected chi connectivity index (χ0v) is 33.6. The lowest BCUT2D eigenvalue weighted by Crippen LogP contribution is -2.60. The van der Waals surface area contributed by atoms with Gasteiger partial charge in [-0.15, -0.1) is 0 Å². The molecule has 1 fully saturated rings. The second kappa shape index (κ2) is 21.3. The zero-order chi connectivity index (χ0) is 41.6. The number of carbonyl (C=O) groups is 6. The monoisotopic (exact) mass is 779 g/mol. The zero-order valence-electron chi connectivity index (χ0n) is 33.6. The van der Waals surface area contributed by atoms with Crippen molar-refractivity contribution in [2.45, 2.75) is 129 Å². The number of carboxylic acids is 1. The largest absolute Gasteiger partial charge is 0.480 e. The van der Waals surface area contributed by atoms with Crippen molar-refractivity contribution in [1.82, 2.24) is 26.2 Å². The molecule has 5 amide bonds. The third-order valence-electron chi connectivity index (χ3n) is 9.27. The molecule has 1 aliphatic rings. The predicted octanol–water partition coefficient (Wildman–Crippen LogP) is 3.43. The van der Waals surface area contributed by atoms with Gasteiger partial charge in [-0.05, 0) is 100 Å². The fraction of sp³-hybridized carbons (Fsp3) is 0.561. The number of benzene rings is 2. The number of hydrogen-bond acceptors (Lipinski definition) is 9. The molecule has 9 N–H and O–H groups in total. The molecule has 0 saturated carbocycles. The number of amides is 5. The van der Waals surface area contributed by atoms with Crippen LogP contribution in [-0.4, -0.2) is 94.7 Å². The Bertz CT molecular complexity index is 1640. The summed E-state index contributed by atoms with van der Waals surface area (Å²) in [5, 5.41) is 19.8. The Kier molecular flexibility index (Phi) is 17.3. The molecule has 2 aromatic rings. The fourth-order valence-corrected chi connectivity index (χ4v) is 6.37. The van der Waals surface area contributed by atoms with Gasteiger partial charge in [0.2, 0.25) is 11.8 Å². The van der Waals surface area contributed by atoms with Crippen LogP contribution in [0.5, 0.6) is 0 Å². The number of hydrogen-bond donors (Lipinski definition) is 7. The number of carbonyl (C=O) groups excluding carboxylic acids is 5. The van der Waals surface area contributed by atoms with E-state index in [9.17, 15) is 33.9 Å². The molecule has 2 aromatic carbocycles. The maximum absolute atomic E-state index is 14.2. The van der Waals surface area contributed by atoms with E-state index in [1.807, 2.05) is 12.1 Å².